The molecule has 0 fully saturated rings. The van der Waals surface area contributed by atoms with E-state index in [4.69, 9.17) is 24.7 Å². The van der Waals surface area contributed by atoms with E-state index < -0.39 is 31.5 Å². The number of anilines is 1. The number of esters is 2. The molecule has 0 aliphatic heterocycles. The molecule has 0 radical (unpaired) electrons. The fourth-order valence-electron chi connectivity index (χ4n) is 3.59. The highest BCUT2D eigenvalue weighted by Crippen LogP contribution is 2.37. The first kappa shape index (κ1) is 34.4. The van der Waals surface area contributed by atoms with Gasteiger partial charge in [0.05, 0.1) is 32.8 Å². The van der Waals surface area contributed by atoms with E-state index in [9.17, 15) is 14.2 Å². The van der Waals surface area contributed by atoms with Crippen LogP contribution in [0.25, 0.3) is 11.2 Å². The minimum absolute atomic E-state index is 0.0594. The second kappa shape index (κ2) is 17.9. The molecular formula is C26H46N7O7P. The van der Waals surface area contributed by atoms with Gasteiger partial charge in [-0.1, -0.05) is 40.0 Å². The molecular weight excluding hydrogens is 553 g/mol. The smallest absolute Gasteiger partial charge is 0.323 e. The quantitative estimate of drug-likeness (QED) is 0.108. The average molecular weight is 600 g/mol. The van der Waals surface area contributed by atoms with Crippen molar-refractivity contribution in [2.75, 3.05) is 38.5 Å². The molecule has 4 N–H and O–H groups in total. The SMILES string of the molecule is CCCCOC(=O)[C@H](C)NP(=O)(COCCn1cnc2c(OCCCC)nc(N)nc21)N[C@@H](C)C(=O)OCCCC. The first-order valence-corrected chi connectivity index (χ1v) is 16.2. The second-order valence-corrected chi connectivity index (χ2v) is 12.0. The van der Waals surface area contributed by atoms with E-state index in [0.29, 0.717) is 30.2 Å². The van der Waals surface area contributed by atoms with Crippen LogP contribution >= 0.6 is 7.44 Å². The molecule has 0 saturated heterocycles. The lowest BCUT2D eigenvalue weighted by Crippen LogP contribution is -2.43. The molecule has 0 bridgehead atoms. The number of nitrogens with two attached hydrogens (primary N) is 1. The summed E-state index contributed by atoms with van der Waals surface area (Å²) in [6, 6.07) is -1.80. The summed E-state index contributed by atoms with van der Waals surface area (Å²) in [5, 5.41) is 5.60. The van der Waals surface area contributed by atoms with Crippen LogP contribution in [0, 0.1) is 0 Å². The van der Waals surface area contributed by atoms with Gasteiger partial charge in [-0.25, -0.2) is 15.2 Å². The van der Waals surface area contributed by atoms with Crippen molar-refractivity contribution in [2.24, 2.45) is 0 Å². The number of nitrogens with zero attached hydrogens (tertiary/aromatic N) is 4. The zero-order chi connectivity index (χ0) is 30.3. The topological polar surface area (TPSA) is 182 Å². The molecule has 0 aromatic carbocycles. The summed E-state index contributed by atoms with van der Waals surface area (Å²) in [4.78, 5) is 37.7. The molecule has 15 heteroatoms. The number of hydrogen-bond donors (Lipinski definition) is 3. The van der Waals surface area contributed by atoms with Crippen LogP contribution in [0.15, 0.2) is 6.33 Å². The number of hydrogen-bond acceptors (Lipinski definition) is 11. The Morgan fingerprint density at radius 2 is 1.49 bits per heavy atom. The van der Waals surface area contributed by atoms with Gasteiger partial charge >= 0.3 is 11.9 Å². The molecule has 232 valence electrons. The maximum absolute atomic E-state index is 13.9. The van der Waals surface area contributed by atoms with Crippen molar-refractivity contribution in [2.45, 2.75) is 91.8 Å². The largest absolute Gasteiger partial charge is 0.476 e. The number of carbonyl (C=O) groups is 2. The van der Waals surface area contributed by atoms with Gasteiger partial charge in [-0.15, -0.1) is 0 Å². The third-order valence-corrected chi connectivity index (χ3v) is 8.09. The normalized spacial score (nSPS) is 13.2. The minimum Gasteiger partial charge on any atom is -0.476 e. The molecule has 0 unspecified atom stereocenters. The van der Waals surface area contributed by atoms with Gasteiger partial charge in [0.15, 0.2) is 11.2 Å². The van der Waals surface area contributed by atoms with E-state index in [1.54, 1.807) is 24.7 Å². The lowest BCUT2D eigenvalue weighted by Gasteiger charge is -2.26. The highest BCUT2D eigenvalue weighted by atomic mass is 31.2. The van der Waals surface area contributed by atoms with Gasteiger partial charge in [-0.3, -0.25) is 14.2 Å². The Balaban J connectivity index is 2.06. The Kier molecular flexibility index (Phi) is 15.0. The molecule has 0 amide bonds. The van der Waals surface area contributed by atoms with E-state index in [1.807, 2.05) is 13.8 Å². The molecule has 0 spiro atoms. The third-order valence-electron chi connectivity index (χ3n) is 5.93. The number of unbranched alkanes of at least 4 members (excludes halogenated alkanes) is 3. The van der Waals surface area contributed by atoms with E-state index in [0.717, 1.165) is 38.5 Å². The Morgan fingerprint density at radius 1 is 0.927 bits per heavy atom. The second-order valence-electron chi connectivity index (χ2n) is 9.72. The van der Waals surface area contributed by atoms with Gasteiger partial charge in [-0.2, -0.15) is 9.97 Å². The fraction of sp³-hybridized carbons (Fsp3) is 0.731. The third kappa shape index (κ3) is 11.5. The first-order chi connectivity index (χ1) is 19.6. The van der Waals surface area contributed by atoms with Gasteiger partial charge in [0, 0.05) is 6.54 Å². The van der Waals surface area contributed by atoms with Crippen molar-refractivity contribution in [1.82, 2.24) is 29.7 Å². The standard InChI is InChI=1S/C26H46N7O7P/c1-6-9-13-38-23-21-22(29-26(27)30-23)33(17-28-21)12-16-37-18-41(36,31-19(4)24(34)39-14-10-7-2)32-20(5)25(35)40-15-11-8-3/h17,19-20H,6-16,18H2,1-5H3,(H2,27,29,30)(H2,31,32,36)/t19-,20-/m0/s1. The van der Waals surface area contributed by atoms with Crippen LogP contribution < -0.4 is 20.6 Å². The predicted molar refractivity (Wildman–Crippen MR) is 155 cm³/mol. The van der Waals surface area contributed by atoms with Crippen molar-refractivity contribution in [1.29, 1.82) is 0 Å². The number of carbonyl (C=O) groups excluding carboxylic acids is 2. The number of imidazole rings is 1. The van der Waals surface area contributed by atoms with Crippen LogP contribution in [0.5, 0.6) is 5.88 Å². The first-order valence-electron chi connectivity index (χ1n) is 14.3. The van der Waals surface area contributed by atoms with Crippen molar-refractivity contribution < 1.29 is 33.1 Å². The van der Waals surface area contributed by atoms with Crippen molar-refractivity contribution in [3.63, 3.8) is 0 Å². The molecule has 2 aromatic rings. The lowest BCUT2D eigenvalue weighted by atomic mass is 10.3. The number of aromatic nitrogens is 4. The van der Waals surface area contributed by atoms with E-state index in [1.165, 1.54) is 0 Å². The highest BCUT2D eigenvalue weighted by molar-refractivity contribution is 7.59. The summed E-state index contributed by atoms with van der Waals surface area (Å²) in [7, 11) is -3.62. The lowest BCUT2D eigenvalue weighted by molar-refractivity contribution is -0.145. The number of nitrogen functional groups attached to an aromatic ring is 1. The number of nitrogens with one attached hydrogen (secondary N) is 2. The van der Waals surface area contributed by atoms with E-state index in [-0.39, 0.29) is 32.1 Å². The molecule has 2 atom stereocenters. The summed E-state index contributed by atoms with van der Waals surface area (Å²) in [5.41, 5.74) is 6.85. The molecule has 41 heavy (non-hydrogen) atoms. The molecule has 2 aromatic heterocycles. The van der Waals surface area contributed by atoms with Crippen LogP contribution in [0.3, 0.4) is 0 Å². The molecule has 0 aliphatic carbocycles. The summed E-state index contributed by atoms with van der Waals surface area (Å²) in [6.45, 7) is 10.6. The highest BCUT2D eigenvalue weighted by Gasteiger charge is 2.32. The van der Waals surface area contributed by atoms with Crippen LogP contribution in [0.4, 0.5) is 5.95 Å². The van der Waals surface area contributed by atoms with Gasteiger partial charge in [-0.05, 0) is 33.1 Å². The molecule has 0 saturated carbocycles. The molecule has 14 nitrogen and oxygen atoms in total. The summed E-state index contributed by atoms with van der Waals surface area (Å²) >= 11 is 0. The molecule has 0 aliphatic rings. The predicted octanol–water partition coefficient (Wildman–Crippen LogP) is 3.40. The summed E-state index contributed by atoms with van der Waals surface area (Å²) < 4.78 is 37.6. The van der Waals surface area contributed by atoms with Crippen molar-refractivity contribution in [3.05, 3.63) is 6.33 Å². The zero-order valence-corrected chi connectivity index (χ0v) is 25.8. The van der Waals surface area contributed by atoms with Crippen molar-refractivity contribution >= 4 is 36.5 Å². The Bertz CT molecular complexity index is 1110. The molecule has 2 rings (SSSR count). The minimum atomic E-state index is -3.62. The fourth-order valence-corrected chi connectivity index (χ4v) is 5.67. The average Bonchev–Trinajstić information content (AvgIpc) is 3.33. The van der Waals surface area contributed by atoms with Gasteiger partial charge < -0.3 is 29.2 Å². The summed E-state index contributed by atoms with van der Waals surface area (Å²) in [5.74, 6) is -0.710. The van der Waals surface area contributed by atoms with Gasteiger partial charge in [0.1, 0.15) is 18.4 Å². The molecule has 2 heterocycles. The monoisotopic (exact) mass is 599 g/mol. The van der Waals surface area contributed by atoms with E-state index >= 15 is 0 Å². The van der Waals surface area contributed by atoms with Crippen LogP contribution in [-0.4, -0.2) is 76.3 Å². The zero-order valence-electron chi connectivity index (χ0n) is 24.9. The Morgan fingerprint density at radius 3 is 2.05 bits per heavy atom. The summed E-state index contributed by atoms with van der Waals surface area (Å²) in [6.07, 6.45) is 6.31. The maximum Gasteiger partial charge on any atom is 0.323 e. The maximum atomic E-state index is 13.9. The van der Waals surface area contributed by atoms with Crippen LogP contribution in [0.1, 0.15) is 73.1 Å². The van der Waals surface area contributed by atoms with Crippen LogP contribution in [0.2, 0.25) is 0 Å². The van der Waals surface area contributed by atoms with Gasteiger partial charge in [0.2, 0.25) is 19.3 Å². The number of fused-ring (bicyclic) bond motifs is 1. The van der Waals surface area contributed by atoms with E-state index in [2.05, 4.69) is 32.1 Å². The van der Waals surface area contributed by atoms with Crippen molar-refractivity contribution in [3.8, 4) is 5.88 Å². The van der Waals surface area contributed by atoms with Gasteiger partial charge in [0.25, 0.3) is 0 Å². The Hall–Kier alpha value is -2.80. The number of rotatable bonds is 21. The Labute approximate surface area is 241 Å². The van der Waals surface area contributed by atoms with Crippen LogP contribution in [-0.2, 0) is 34.9 Å². The number of ether oxygens (including phenoxy) is 4.